The lowest BCUT2D eigenvalue weighted by molar-refractivity contribution is 0.520. The third-order valence-electron chi connectivity index (χ3n) is 4.32. The number of amidine groups is 2. The Kier molecular flexibility index (Phi) is 5.05. The van der Waals surface area contributed by atoms with Crippen molar-refractivity contribution in [3.05, 3.63) is 52.7 Å². The second-order valence-corrected chi connectivity index (χ2v) is 6.60. The van der Waals surface area contributed by atoms with Crippen molar-refractivity contribution in [2.75, 3.05) is 0 Å². The lowest BCUT2D eigenvalue weighted by Gasteiger charge is -2.34. The summed E-state index contributed by atoms with van der Waals surface area (Å²) in [5.74, 6) is 1.66. The molecule has 2 heterocycles. The summed E-state index contributed by atoms with van der Waals surface area (Å²) < 4.78 is 0. The minimum Gasteiger partial charge on any atom is -0.297 e. The second-order valence-electron chi connectivity index (χ2n) is 6.20. The minimum atomic E-state index is 0.0833. The van der Waals surface area contributed by atoms with Gasteiger partial charge in [-0.25, -0.2) is 4.99 Å². The van der Waals surface area contributed by atoms with Gasteiger partial charge < -0.3 is 0 Å². The van der Waals surface area contributed by atoms with Gasteiger partial charge in [0, 0.05) is 6.20 Å². The standard InChI is InChI=1S/C19H23ClN4/c1-4-5-11-16-19(21-17-13(2)8-6-9-14(17)3)24-12-7-10-15(20)18(24)23-22-16/h6-10,12,16,22H,4-5,11H2,1-3H3. The Morgan fingerprint density at radius 1 is 1.29 bits per heavy atom. The molecule has 5 heteroatoms. The summed E-state index contributed by atoms with van der Waals surface area (Å²) >= 11 is 6.32. The molecule has 1 aromatic rings. The normalized spacial score (nSPS) is 21.2. The average molecular weight is 343 g/mol. The number of hydrogen-bond acceptors (Lipinski definition) is 3. The molecule has 1 N–H and O–H groups in total. The van der Waals surface area contributed by atoms with Gasteiger partial charge in [-0.2, -0.15) is 5.10 Å². The number of unbranched alkanes of at least 4 members (excludes halogenated alkanes) is 1. The molecule has 0 fully saturated rings. The van der Waals surface area contributed by atoms with Crippen LogP contribution >= 0.6 is 11.6 Å². The number of fused-ring (bicyclic) bond motifs is 1. The van der Waals surface area contributed by atoms with Crippen LogP contribution in [0.4, 0.5) is 5.69 Å². The summed E-state index contributed by atoms with van der Waals surface area (Å²) in [7, 11) is 0. The molecule has 0 spiro atoms. The molecule has 0 saturated heterocycles. The van der Waals surface area contributed by atoms with Gasteiger partial charge in [-0.1, -0.05) is 49.6 Å². The number of aryl methyl sites for hydroxylation is 2. The van der Waals surface area contributed by atoms with Crippen LogP contribution in [-0.2, 0) is 0 Å². The van der Waals surface area contributed by atoms with Crippen LogP contribution in [-0.4, -0.2) is 22.6 Å². The van der Waals surface area contributed by atoms with Crippen LogP contribution < -0.4 is 5.43 Å². The zero-order valence-corrected chi connectivity index (χ0v) is 15.1. The fourth-order valence-electron chi connectivity index (χ4n) is 2.96. The van der Waals surface area contributed by atoms with E-state index in [1.165, 1.54) is 11.1 Å². The van der Waals surface area contributed by atoms with Gasteiger partial charge in [0.1, 0.15) is 11.9 Å². The van der Waals surface area contributed by atoms with Crippen LogP contribution in [0.5, 0.6) is 0 Å². The second kappa shape index (κ2) is 7.22. The number of para-hydroxylation sites is 1. The maximum absolute atomic E-state index is 6.32. The molecule has 0 radical (unpaired) electrons. The summed E-state index contributed by atoms with van der Waals surface area (Å²) in [5.41, 5.74) is 6.61. The molecular formula is C19H23ClN4. The number of benzene rings is 1. The number of nitrogens with one attached hydrogen (secondary N) is 1. The van der Waals surface area contributed by atoms with Crippen LogP contribution in [0.25, 0.3) is 0 Å². The van der Waals surface area contributed by atoms with Crippen LogP contribution in [0, 0.1) is 13.8 Å². The zero-order valence-electron chi connectivity index (χ0n) is 14.4. The summed E-state index contributed by atoms with van der Waals surface area (Å²) in [4.78, 5) is 7.04. The molecule has 2 aliphatic rings. The van der Waals surface area contributed by atoms with Gasteiger partial charge in [-0.3, -0.25) is 10.3 Å². The number of hydrogen-bond donors (Lipinski definition) is 1. The molecule has 3 rings (SSSR count). The number of rotatable bonds is 4. The van der Waals surface area contributed by atoms with Crippen molar-refractivity contribution in [1.29, 1.82) is 0 Å². The van der Waals surface area contributed by atoms with Crippen LogP contribution in [0.2, 0.25) is 0 Å². The molecule has 1 atom stereocenters. The van der Waals surface area contributed by atoms with Gasteiger partial charge in [-0.15, -0.1) is 0 Å². The van der Waals surface area contributed by atoms with Crippen LogP contribution in [0.3, 0.4) is 0 Å². The fourth-order valence-corrected chi connectivity index (χ4v) is 3.17. The van der Waals surface area contributed by atoms with Gasteiger partial charge in [0.05, 0.1) is 10.7 Å². The predicted molar refractivity (Wildman–Crippen MR) is 102 cm³/mol. The molecule has 0 aromatic heterocycles. The Balaban J connectivity index is 2.06. The van der Waals surface area contributed by atoms with Crippen LogP contribution in [0.1, 0.15) is 37.3 Å². The Bertz CT molecular complexity index is 725. The first kappa shape index (κ1) is 16.8. The van der Waals surface area contributed by atoms with E-state index in [1.807, 2.05) is 23.3 Å². The average Bonchev–Trinajstić information content (AvgIpc) is 2.57. The Hall–Kier alpha value is -2.07. The number of hydrazone groups is 1. The van der Waals surface area contributed by atoms with E-state index < -0.39 is 0 Å². The first-order valence-electron chi connectivity index (χ1n) is 8.43. The van der Waals surface area contributed by atoms with Crippen LogP contribution in [0.15, 0.2) is 51.7 Å². The Labute approximate surface area is 148 Å². The Morgan fingerprint density at radius 2 is 2.04 bits per heavy atom. The SMILES string of the molecule is CCCCC1NN=C2C(Cl)=CC=CN2C1=Nc1c(C)cccc1C. The van der Waals surface area contributed by atoms with Crippen molar-refractivity contribution in [1.82, 2.24) is 10.3 Å². The molecule has 1 unspecified atom stereocenters. The smallest absolute Gasteiger partial charge is 0.176 e. The number of aliphatic imine (C=N–C) groups is 1. The fraction of sp³-hybridized carbons (Fsp3) is 0.368. The maximum Gasteiger partial charge on any atom is 0.176 e. The molecular weight excluding hydrogens is 320 g/mol. The van der Waals surface area contributed by atoms with E-state index in [9.17, 15) is 0 Å². The highest BCUT2D eigenvalue weighted by molar-refractivity contribution is 6.45. The van der Waals surface area contributed by atoms with E-state index in [-0.39, 0.29) is 6.04 Å². The van der Waals surface area contributed by atoms with E-state index in [1.54, 1.807) is 0 Å². The predicted octanol–water partition coefficient (Wildman–Crippen LogP) is 4.76. The summed E-state index contributed by atoms with van der Waals surface area (Å²) in [6, 6.07) is 6.34. The third kappa shape index (κ3) is 3.24. The van der Waals surface area contributed by atoms with E-state index in [2.05, 4.69) is 49.5 Å². The van der Waals surface area contributed by atoms with Crippen molar-refractivity contribution >= 4 is 29.0 Å². The maximum atomic E-state index is 6.32. The molecule has 0 saturated carbocycles. The highest BCUT2D eigenvalue weighted by atomic mass is 35.5. The van der Waals surface area contributed by atoms with Crippen molar-refractivity contribution < 1.29 is 0 Å². The van der Waals surface area contributed by atoms with Gasteiger partial charge in [-0.05, 0) is 43.5 Å². The minimum absolute atomic E-state index is 0.0833. The number of nitrogens with zero attached hydrogens (tertiary/aromatic N) is 3. The largest absolute Gasteiger partial charge is 0.297 e. The van der Waals surface area contributed by atoms with E-state index in [0.717, 1.165) is 30.8 Å². The van der Waals surface area contributed by atoms with Crippen molar-refractivity contribution in [3.63, 3.8) is 0 Å². The number of allylic oxidation sites excluding steroid dienone is 2. The quantitative estimate of drug-likeness (QED) is 0.856. The highest BCUT2D eigenvalue weighted by Gasteiger charge is 2.31. The monoisotopic (exact) mass is 342 g/mol. The molecule has 126 valence electrons. The molecule has 0 amide bonds. The van der Waals surface area contributed by atoms with Crippen molar-refractivity contribution in [3.8, 4) is 0 Å². The molecule has 0 aliphatic carbocycles. The lowest BCUT2D eigenvalue weighted by Crippen LogP contribution is -2.51. The Morgan fingerprint density at radius 3 is 2.75 bits per heavy atom. The molecule has 24 heavy (non-hydrogen) atoms. The highest BCUT2D eigenvalue weighted by Crippen LogP contribution is 2.27. The van der Waals surface area contributed by atoms with Crippen molar-refractivity contribution in [2.24, 2.45) is 10.1 Å². The van der Waals surface area contributed by atoms with Gasteiger partial charge in [0.15, 0.2) is 5.84 Å². The summed E-state index contributed by atoms with van der Waals surface area (Å²) in [6.07, 6.45) is 9.02. The molecule has 0 bridgehead atoms. The van der Waals surface area contributed by atoms with E-state index >= 15 is 0 Å². The lowest BCUT2D eigenvalue weighted by atomic mass is 10.1. The van der Waals surface area contributed by atoms with Gasteiger partial charge in [0.25, 0.3) is 0 Å². The summed E-state index contributed by atoms with van der Waals surface area (Å²) in [6.45, 7) is 6.38. The zero-order chi connectivity index (χ0) is 17.1. The third-order valence-corrected chi connectivity index (χ3v) is 4.61. The van der Waals surface area contributed by atoms with Gasteiger partial charge in [0.2, 0.25) is 0 Å². The number of halogens is 1. The molecule has 4 nitrogen and oxygen atoms in total. The topological polar surface area (TPSA) is 40.0 Å². The first-order chi connectivity index (χ1) is 11.6. The molecule has 2 aliphatic heterocycles. The van der Waals surface area contributed by atoms with Gasteiger partial charge >= 0.3 is 0 Å². The molecule has 1 aromatic carbocycles. The van der Waals surface area contributed by atoms with E-state index in [4.69, 9.17) is 16.6 Å². The van der Waals surface area contributed by atoms with Crippen molar-refractivity contribution in [2.45, 2.75) is 46.1 Å². The first-order valence-corrected chi connectivity index (χ1v) is 8.81. The summed E-state index contributed by atoms with van der Waals surface area (Å²) in [5, 5.41) is 5.08. The van der Waals surface area contributed by atoms with E-state index in [0.29, 0.717) is 10.9 Å².